The summed E-state index contributed by atoms with van der Waals surface area (Å²) in [5.74, 6) is 0.197. The Morgan fingerprint density at radius 3 is 2.88 bits per heavy atom. The Morgan fingerprint density at radius 1 is 1.38 bits per heavy atom. The molecule has 1 heterocycles. The molecule has 3 nitrogen and oxygen atoms in total. The molecule has 0 saturated carbocycles. The van der Waals surface area contributed by atoms with E-state index in [-0.39, 0.29) is 11.9 Å². The summed E-state index contributed by atoms with van der Waals surface area (Å²) in [6, 6.07) is 8.07. The molecule has 1 atom stereocenters. The number of rotatable bonds is 1. The summed E-state index contributed by atoms with van der Waals surface area (Å²) in [5, 5.41) is 0. The zero-order valence-electron chi connectivity index (χ0n) is 9.65. The molecule has 1 unspecified atom stereocenters. The molecular weight excluding hydrogens is 200 g/mol. The van der Waals surface area contributed by atoms with Gasteiger partial charge in [-0.25, -0.2) is 0 Å². The van der Waals surface area contributed by atoms with Gasteiger partial charge in [0.15, 0.2) is 0 Å². The van der Waals surface area contributed by atoms with Crippen molar-refractivity contribution in [2.75, 3.05) is 11.4 Å². The SMILES string of the molecule is Cc1ccccc1N1CC(N)CCCC1=O. The van der Waals surface area contributed by atoms with E-state index < -0.39 is 0 Å². The monoisotopic (exact) mass is 218 g/mol. The highest BCUT2D eigenvalue weighted by atomic mass is 16.2. The van der Waals surface area contributed by atoms with Crippen LogP contribution in [0.2, 0.25) is 0 Å². The van der Waals surface area contributed by atoms with Crippen molar-refractivity contribution in [3.63, 3.8) is 0 Å². The highest BCUT2D eigenvalue weighted by molar-refractivity contribution is 5.94. The number of benzene rings is 1. The molecule has 1 amide bonds. The van der Waals surface area contributed by atoms with Gasteiger partial charge in [-0.1, -0.05) is 18.2 Å². The molecule has 1 saturated heterocycles. The number of para-hydroxylation sites is 1. The maximum Gasteiger partial charge on any atom is 0.227 e. The second-order valence-corrected chi connectivity index (χ2v) is 4.44. The van der Waals surface area contributed by atoms with Crippen LogP contribution in [0, 0.1) is 6.92 Å². The number of hydrogen-bond donors (Lipinski definition) is 1. The maximum absolute atomic E-state index is 12.0. The van der Waals surface area contributed by atoms with Crippen molar-refractivity contribution in [3.05, 3.63) is 29.8 Å². The Morgan fingerprint density at radius 2 is 2.12 bits per heavy atom. The third-order valence-electron chi connectivity index (χ3n) is 3.09. The van der Waals surface area contributed by atoms with Gasteiger partial charge in [0.1, 0.15) is 0 Å². The molecule has 0 bridgehead atoms. The summed E-state index contributed by atoms with van der Waals surface area (Å²) in [6.45, 7) is 2.67. The molecule has 0 spiro atoms. The average molecular weight is 218 g/mol. The van der Waals surface area contributed by atoms with Crippen molar-refractivity contribution >= 4 is 11.6 Å². The zero-order valence-corrected chi connectivity index (χ0v) is 9.65. The standard InChI is InChI=1S/C13H18N2O/c1-10-5-2-3-7-12(10)15-9-11(14)6-4-8-13(15)16/h2-3,5,7,11H,4,6,8-9,14H2,1H3. The molecule has 1 aliphatic rings. The summed E-state index contributed by atoms with van der Waals surface area (Å²) in [4.78, 5) is 13.8. The third kappa shape index (κ3) is 2.25. The predicted octanol–water partition coefficient (Wildman–Crippen LogP) is 1.84. The third-order valence-corrected chi connectivity index (χ3v) is 3.09. The van der Waals surface area contributed by atoms with E-state index in [1.165, 1.54) is 0 Å². The normalized spacial score (nSPS) is 22.0. The molecule has 2 rings (SSSR count). The molecular formula is C13H18N2O. The van der Waals surface area contributed by atoms with Crippen LogP contribution in [-0.2, 0) is 4.79 Å². The van der Waals surface area contributed by atoms with Crippen molar-refractivity contribution in [2.24, 2.45) is 5.73 Å². The molecule has 1 aliphatic heterocycles. The fourth-order valence-corrected chi connectivity index (χ4v) is 2.18. The zero-order chi connectivity index (χ0) is 11.5. The molecule has 3 heteroatoms. The van der Waals surface area contributed by atoms with Gasteiger partial charge in [0.2, 0.25) is 5.91 Å². The van der Waals surface area contributed by atoms with Gasteiger partial charge < -0.3 is 10.6 Å². The Hall–Kier alpha value is -1.35. The minimum absolute atomic E-state index is 0.103. The van der Waals surface area contributed by atoms with Gasteiger partial charge in [0, 0.05) is 24.7 Å². The van der Waals surface area contributed by atoms with Crippen LogP contribution in [0.5, 0.6) is 0 Å². The van der Waals surface area contributed by atoms with Crippen molar-refractivity contribution < 1.29 is 4.79 Å². The number of hydrogen-bond acceptors (Lipinski definition) is 2. The van der Waals surface area contributed by atoms with E-state index in [0.29, 0.717) is 13.0 Å². The minimum Gasteiger partial charge on any atom is -0.326 e. The van der Waals surface area contributed by atoms with Crippen molar-refractivity contribution in [1.82, 2.24) is 0 Å². The Labute approximate surface area is 96.2 Å². The van der Waals surface area contributed by atoms with Crippen LogP contribution in [-0.4, -0.2) is 18.5 Å². The van der Waals surface area contributed by atoms with Gasteiger partial charge in [-0.15, -0.1) is 0 Å². The van der Waals surface area contributed by atoms with E-state index in [1.54, 1.807) is 0 Å². The topological polar surface area (TPSA) is 46.3 Å². The van der Waals surface area contributed by atoms with Gasteiger partial charge in [0.05, 0.1) is 0 Å². The van der Waals surface area contributed by atoms with Crippen LogP contribution < -0.4 is 10.6 Å². The first-order chi connectivity index (χ1) is 7.68. The molecule has 0 radical (unpaired) electrons. The van der Waals surface area contributed by atoms with Gasteiger partial charge in [0.25, 0.3) is 0 Å². The van der Waals surface area contributed by atoms with Crippen LogP contribution in [0.3, 0.4) is 0 Å². The number of nitrogens with two attached hydrogens (primary N) is 1. The molecule has 2 N–H and O–H groups in total. The summed E-state index contributed by atoms with van der Waals surface area (Å²) < 4.78 is 0. The molecule has 1 aromatic rings. The summed E-state index contributed by atoms with van der Waals surface area (Å²) in [5.41, 5.74) is 8.11. The van der Waals surface area contributed by atoms with Crippen molar-refractivity contribution in [1.29, 1.82) is 0 Å². The van der Waals surface area contributed by atoms with E-state index in [2.05, 4.69) is 0 Å². The number of carbonyl (C=O) groups excluding carboxylic acids is 1. The lowest BCUT2D eigenvalue weighted by Gasteiger charge is -2.24. The first-order valence-corrected chi connectivity index (χ1v) is 5.80. The lowest BCUT2D eigenvalue weighted by atomic mass is 10.1. The smallest absolute Gasteiger partial charge is 0.227 e. The highest BCUT2D eigenvalue weighted by Crippen LogP contribution is 2.23. The second-order valence-electron chi connectivity index (χ2n) is 4.44. The number of anilines is 1. The van der Waals surface area contributed by atoms with E-state index in [9.17, 15) is 4.79 Å². The second kappa shape index (κ2) is 4.66. The molecule has 1 fully saturated rings. The lowest BCUT2D eigenvalue weighted by Crippen LogP contribution is -2.39. The van der Waals surface area contributed by atoms with Gasteiger partial charge in [-0.05, 0) is 31.4 Å². The average Bonchev–Trinajstić information content (AvgIpc) is 2.42. The fourth-order valence-electron chi connectivity index (χ4n) is 2.18. The first kappa shape index (κ1) is 11.1. The molecule has 86 valence electrons. The van der Waals surface area contributed by atoms with E-state index in [4.69, 9.17) is 5.73 Å². The Balaban J connectivity index is 2.30. The molecule has 16 heavy (non-hydrogen) atoms. The number of aryl methyl sites for hydroxylation is 1. The lowest BCUT2D eigenvalue weighted by molar-refractivity contribution is -0.118. The number of nitrogens with zero attached hydrogens (tertiary/aromatic N) is 1. The van der Waals surface area contributed by atoms with Crippen LogP contribution >= 0.6 is 0 Å². The Kier molecular flexibility index (Phi) is 3.25. The van der Waals surface area contributed by atoms with Crippen LogP contribution in [0.25, 0.3) is 0 Å². The fraction of sp³-hybridized carbons (Fsp3) is 0.462. The summed E-state index contributed by atoms with van der Waals surface area (Å²) in [6.07, 6.45) is 2.46. The van der Waals surface area contributed by atoms with Crippen LogP contribution in [0.15, 0.2) is 24.3 Å². The highest BCUT2D eigenvalue weighted by Gasteiger charge is 2.22. The van der Waals surface area contributed by atoms with Crippen molar-refractivity contribution in [2.45, 2.75) is 32.2 Å². The number of carbonyl (C=O) groups is 1. The van der Waals surface area contributed by atoms with Crippen LogP contribution in [0.1, 0.15) is 24.8 Å². The van der Waals surface area contributed by atoms with Gasteiger partial charge >= 0.3 is 0 Å². The summed E-state index contributed by atoms with van der Waals surface area (Å²) >= 11 is 0. The molecule has 0 aromatic heterocycles. The number of amides is 1. The predicted molar refractivity (Wildman–Crippen MR) is 65.4 cm³/mol. The summed E-state index contributed by atoms with van der Waals surface area (Å²) in [7, 11) is 0. The van der Waals surface area contributed by atoms with Gasteiger partial charge in [-0.2, -0.15) is 0 Å². The molecule has 0 aliphatic carbocycles. The largest absolute Gasteiger partial charge is 0.326 e. The van der Waals surface area contributed by atoms with Gasteiger partial charge in [-0.3, -0.25) is 4.79 Å². The minimum atomic E-state index is 0.103. The van der Waals surface area contributed by atoms with E-state index >= 15 is 0 Å². The Bertz CT molecular complexity index is 389. The quantitative estimate of drug-likeness (QED) is 0.781. The first-order valence-electron chi connectivity index (χ1n) is 5.80. The maximum atomic E-state index is 12.0. The van der Waals surface area contributed by atoms with E-state index in [0.717, 1.165) is 24.1 Å². The molecule has 1 aromatic carbocycles. The van der Waals surface area contributed by atoms with E-state index in [1.807, 2.05) is 36.1 Å². The van der Waals surface area contributed by atoms with Crippen molar-refractivity contribution in [3.8, 4) is 0 Å². The van der Waals surface area contributed by atoms with Crippen LogP contribution in [0.4, 0.5) is 5.69 Å².